The zero-order valence-corrected chi connectivity index (χ0v) is 16.7. The largest absolute Gasteiger partial charge is 0.468 e. The van der Waals surface area contributed by atoms with Gasteiger partial charge in [0.1, 0.15) is 5.54 Å². The van der Waals surface area contributed by atoms with Crippen LogP contribution < -0.4 is 10.6 Å². The molecule has 0 radical (unpaired) electrons. The Bertz CT molecular complexity index is 721. The summed E-state index contributed by atoms with van der Waals surface area (Å²) in [5.74, 6) is -1.02. The molecule has 0 spiro atoms. The monoisotopic (exact) mass is 375 g/mol. The van der Waals surface area contributed by atoms with Gasteiger partial charge in [0.2, 0.25) is 11.8 Å². The molecule has 2 amide bonds. The zero-order valence-electron chi connectivity index (χ0n) is 16.7. The third-order valence-electron chi connectivity index (χ3n) is 5.46. The van der Waals surface area contributed by atoms with Gasteiger partial charge in [-0.1, -0.05) is 24.3 Å². The minimum absolute atomic E-state index is 0.131. The van der Waals surface area contributed by atoms with Crippen molar-refractivity contribution in [3.63, 3.8) is 0 Å². The average Bonchev–Trinajstić information content (AvgIpc) is 2.91. The van der Waals surface area contributed by atoms with Gasteiger partial charge in [0.05, 0.1) is 13.0 Å². The number of amides is 2. The van der Waals surface area contributed by atoms with Gasteiger partial charge in [-0.3, -0.25) is 19.3 Å². The van der Waals surface area contributed by atoms with Gasteiger partial charge in [-0.2, -0.15) is 0 Å². The van der Waals surface area contributed by atoms with Gasteiger partial charge in [0, 0.05) is 26.1 Å². The first-order valence-electron chi connectivity index (χ1n) is 9.11. The summed E-state index contributed by atoms with van der Waals surface area (Å²) in [4.78, 5) is 38.3. The molecule has 1 fully saturated rings. The van der Waals surface area contributed by atoms with Crippen LogP contribution in [0.4, 0.5) is 0 Å². The van der Waals surface area contributed by atoms with E-state index in [1.54, 1.807) is 0 Å². The SMILES string of the molecule is COC(=O)[C@@]1(C)C[C@@H](C(=O)NCCNC(C)=O)[C@@H](c2ccccc2C)N1C. The summed E-state index contributed by atoms with van der Waals surface area (Å²) in [6.45, 7) is 5.96. The smallest absolute Gasteiger partial charge is 0.326 e. The Kier molecular flexibility index (Phi) is 6.59. The van der Waals surface area contributed by atoms with Crippen molar-refractivity contribution in [2.24, 2.45) is 5.92 Å². The average molecular weight is 375 g/mol. The first-order valence-corrected chi connectivity index (χ1v) is 9.11. The highest BCUT2D eigenvalue weighted by Gasteiger charge is 2.55. The number of nitrogens with one attached hydrogen (secondary N) is 2. The molecule has 1 saturated heterocycles. The second-order valence-corrected chi connectivity index (χ2v) is 7.26. The summed E-state index contributed by atoms with van der Waals surface area (Å²) in [6.07, 6.45) is 0.362. The molecule has 27 heavy (non-hydrogen) atoms. The topological polar surface area (TPSA) is 87.7 Å². The number of likely N-dealkylation sites (N-methyl/N-ethyl adjacent to an activating group) is 1. The number of hydrogen-bond donors (Lipinski definition) is 2. The van der Waals surface area contributed by atoms with Crippen molar-refractivity contribution >= 4 is 17.8 Å². The Morgan fingerprint density at radius 3 is 2.44 bits per heavy atom. The second-order valence-electron chi connectivity index (χ2n) is 7.26. The van der Waals surface area contributed by atoms with Crippen LogP contribution in [0.2, 0.25) is 0 Å². The van der Waals surface area contributed by atoms with E-state index in [0.717, 1.165) is 11.1 Å². The quantitative estimate of drug-likeness (QED) is 0.576. The molecule has 1 aromatic rings. The Morgan fingerprint density at radius 1 is 1.22 bits per heavy atom. The number of methoxy groups -OCH3 is 1. The van der Waals surface area contributed by atoms with Crippen LogP contribution in [0.15, 0.2) is 24.3 Å². The maximum absolute atomic E-state index is 12.9. The molecule has 1 aliphatic heterocycles. The molecule has 7 heteroatoms. The Labute approximate surface area is 160 Å². The van der Waals surface area contributed by atoms with E-state index in [2.05, 4.69) is 10.6 Å². The summed E-state index contributed by atoms with van der Waals surface area (Å²) in [5.41, 5.74) is 1.20. The standard InChI is InChI=1S/C20H29N3O4/c1-13-8-6-7-9-15(13)17-16(18(25)22-11-10-21-14(2)24)12-20(3,23(17)4)19(26)27-5/h6-9,16-17H,10-12H2,1-5H3,(H,21,24)(H,22,25)/t16-,17-,20-/m1/s1. The Balaban J connectivity index is 2.28. The summed E-state index contributed by atoms with van der Waals surface area (Å²) in [5, 5.41) is 5.54. The highest BCUT2D eigenvalue weighted by atomic mass is 16.5. The van der Waals surface area contributed by atoms with Crippen LogP contribution in [0, 0.1) is 12.8 Å². The van der Waals surface area contributed by atoms with Crippen LogP contribution in [0.3, 0.4) is 0 Å². The highest BCUT2D eigenvalue weighted by molar-refractivity contribution is 5.86. The summed E-state index contributed by atoms with van der Waals surface area (Å²) in [7, 11) is 3.23. The molecule has 1 heterocycles. The van der Waals surface area contributed by atoms with Gasteiger partial charge < -0.3 is 15.4 Å². The number of carbonyl (C=O) groups is 3. The van der Waals surface area contributed by atoms with Crippen LogP contribution in [-0.2, 0) is 19.1 Å². The molecular formula is C20H29N3O4. The predicted molar refractivity (Wildman–Crippen MR) is 102 cm³/mol. The summed E-state index contributed by atoms with van der Waals surface area (Å²) >= 11 is 0. The zero-order chi connectivity index (χ0) is 20.2. The molecule has 0 saturated carbocycles. The van der Waals surface area contributed by atoms with Crippen molar-refractivity contribution in [2.45, 2.75) is 38.8 Å². The molecule has 3 atom stereocenters. The minimum atomic E-state index is -0.888. The van der Waals surface area contributed by atoms with E-state index in [1.165, 1.54) is 14.0 Å². The lowest BCUT2D eigenvalue weighted by molar-refractivity contribution is -0.152. The van der Waals surface area contributed by atoms with E-state index in [0.29, 0.717) is 19.5 Å². The number of nitrogens with zero attached hydrogens (tertiary/aromatic N) is 1. The first kappa shape index (κ1) is 20.9. The third-order valence-corrected chi connectivity index (χ3v) is 5.46. The van der Waals surface area contributed by atoms with Gasteiger partial charge in [0.25, 0.3) is 0 Å². The molecule has 0 unspecified atom stereocenters. The molecule has 0 bridgehead atoms. The number of benzene rings is 1. The minimum Gasteiger partial charge on any atom is -0.468 e. The molecule has 0 aliphatic carbocycles. The fourth-order valence-corrected chi connectivity index (χ4v) is 3.84. The maximum atomic E-state index is 12.9. The van der Waals surface area contributed by atoms with Crippen molar-refractivity contribution in [1.82, 2.24) is 15.5 Å². The van der Waals surface area contributed by atoms with Gasteiger partial charge >= 0.3 is 5.97 Å². The molecule has 7 nitrogen and oxygen atoms in total. The number of carbonyl (C=O) groups excluding carboxylic acids is 3. The predicted octanol–water partition coefficient (Wildman–Crippen LogP) is 1.17. The summed E-state index contributed by atoms with van der Waals surface area (Å²) < 4.78 is 5.02. The molecule has 0 aromatic heterocycles. The Morgan fingerprint density at radius 2 is 1.85 bits per heavy atom. The van der Waals surface area contributed by atoms with Crippen molar-refractivity contribution in [2.75, 3.05) is 27.2 Å². The van der Waals surface area contributed by atoms with Crippen molar-refractivity contribution < 1.29 is 19.1 Å². The fraction of sp³-hybridized carbons (Fsp3) is 0.550. The maximum Gasteiger partial charge on any atom is 0.326 e. The number of esters is 1. The van der Waals surface area contributed by atoms with Crippen molar-refractivity contribution in [1.29, 1.82) is 0 Å². The molecule has 2 N–H and O–H groups in total. The lowest BCUT2D eigenvalue weighted by Crippen LogP contribution is -2.47. The number of rotatable bonds is 6. The van der Waals surface area contributed by atoms with E-state index in [1.807, 2.05) is 50.1 Å². The van der Waals surface area contributed by atoms with E-state index in [9.17, 15) is 14.4 Å². The molecule has 1 aromatic carbocycles. The number of likely N-dealkylation sites (tertiary alicyclic amines) is 1. The second kappa shape index (κ2) is 8.52. The van der Waals surface area contributed by atoms with Crippen LogP contribution in [0.25, 0.3) is 0 Å². The van der Waals surface area contributed by atoms with Crippen molar-refractivity contribution in [3.05, 3.63) is 35.4 Å². The van der Waals surface area contributed by atoms with E-state index >= 15 is 0 Å². The molecule has 148 valence electrons. The van der Waals surface area contributed by atoms with E-state index in [4.69, 9.17) is 4.74 Å². The number of aryl methyl sites for hydroxylation is 1. The molecular weight excluding hydrogens is 346 g/mol. The van der Waals surface area contributed by atoms with Crippen LogP contribution in [-0.4, -0.2) is 55.5 Å². The van der Waals surface area contributed by atoms with Crippen LogP contribution in [0.1, 0.15) is 37.4 Å². The molecule has 1 aliphatic rings. The van der Waals surface area contributed by atoms with Gasteiger partial charge in [-0.25, -0.2) is 0 Å². The van der Waals surface area contributed by atoms with Gasteiger partial charge in [-0.15, -0.1) is 0 Å². The summed E-state index contributed by atoms with van der Waals surface area (Å²) in [6, 6.07) is 7.65. The number of ether oxygens (including phenoxy) is 1. The third kappa shape index (κ3) is 4.30. The lowest BCUT2D eigenvalue weighted by Gasteiger charge is -2.33. The first-order chi connectivity index (χ1) is 12.7. The van der Waals surface area contributed by atoms with Gasteiger partial charge in [0.15, 0.2) is 0 Å². The van der Waals surface area contributed by atoms with Crippen molar-refractivity contribution in [3.8, 4) is 0 Å². The normalized spacial score (nSPS) is 25.1. The van der Waals surface area contributed by atoms with Crippen LogP contribution >= 0.6 is 0 Å². The van der Waals surface area contributed by atoms with Gasteiger partial charge in [-0.05, 0) is 38.4 Å². The lowest BCUT2D eigenvalue weighted by atomic mass is 9.88. The fourth-order valence-electron chi connectivity index (χ4n) is 3.84. The molecule has 2 rings (SSSR count). The Hall–Kier alpha value is -2.41. The number of hydrogen-bond acceptors (Lipinski definition) is 5. The van der Waals surface area contributed by atoms with E-state index < -0.39 is 11.5 Å². The highest BCUT2D eigenvalue weighted by Crippen LogP contribution is 2.46. The van der Waals surface area contributed by atoms with Crippen LogP contribution in [0.5, 0.6) is 0 Å². The van der Waals surface area contributed by atoms with E-state index in [-0.39, 0.29) is 23.8 Å².